The van der Waals surface area contributed by atoms with Crippen molar-refractivity contribution >= 4 is 17.5 Å². The highest BCUT2D eigenvalue weighted by atomic mass is 16.2. The Kier molecular flexibility index (Phi) is 2.33. The van der Waals surface area contributed by atoms with E-state index in [0.717, 1.165) is 16.8 Å². The highest BCUT2D eigenvalue weighted by molar-refractivity contribution is 6.06. The predicted molar refractivity (Wildman–Crippen MR) is 77.6 cm³/mol. The maximum atomic E-state index is 12.6. The molecule has 0 aromatic heterocycles. The van der Waals surface area contributed by atoms with Crippen LogP contribution in [-0.2, 0) is 0 Å². The summed E-state index contributed by atoms with van der Waals surface area (Å²) in [6.07, 6.45) is -0.374. The maximum absolute atomic E-state index is 12.6. The fourth-order valence-electron chi connectivity index (χ4n) is 2.86. The van der Waals surface area contributed by atoms with Crippen molar-refractivity contribution < 1.29 is 9.59 Å². The van der Waals surface area contributed by atoms with Gasteiger partial charge in [0, 0.05) is 16.8 Å². The molecular weight excluding hydrogens is 266 g/mol. The molecule has 2 aromatic carbocycles. The number of fused-ring (bicyclic) bond motifs is 4. The molecule has 0 saturated carbocycles. The molecule has 2 aliphatic heterocycles. The van der Waals surface area contributed by atoms with Gasteiger partial charge >= 0.3 is 0 Å². The lowest BCUT2D eigenvalue weighted by Gasteiger charge is -2.41. The second-order valence-electron chi connectivity index (χ2n) is 5.30. The number of rotatable bonds is 0. The number of carbonyl (C=O) groups excluding carboxylic acids is 2. The predicted octanol–water partition coefficient (Wildman–Crippen LogP) is 2.22. The zero-order valence-corrected chi connectivity index (χ0v) is 11.4. The van der Waals surface area contributed by atoms with Crippen molar-refractivity contribution in [1.82, 2.24) is 10.4 Å². The van der Waals surface area contributed by atoms with Crippen LogP contribution in [0.1, 0.15) is 38.0 Å². The maximum Gasteiger partial charge on any atom is 0.276 e. The number of benzene rings is 2. The van der Waals surface area contributed by atoms with Crippen molar-refractivity contribution in [3.05, 3.63) is 64.7 Å². The molecule has 1 unspecified atom stereocenters. The highest BCUT2D eigenvalue weighted by Crippen LogP contribution is 2.35. The molecule has 0 fully saturated rings. The van der Waals surface area contributed by atoms with E-state index in [-0.39, 0.29) is 18.0 Å². The molecule has 0 saturated heterocycles. The van der Waals surface area contributed by atoms with Crippen LogP contribution >= 0.6 is 0 Å². The Bertz CT molecular complexity index is 785. The van der Waals surface area contributed by atoms with Gasteiger partial charge in [-0.1, -0.05) is 29.8 Å². The molecule has 0 radical (unpaired) electrons. The summed E-state index contributed by atoms with van der Waals surface area (Å²) in [5.41, 5.74) is 6.44. The molecule has 0 bridgehead atoms. The number of amides is 2. The molecule has 1 atom stereocenters. The molecule has 21 heavy (non-hydrogen) atoms. The van der Waals surface area contributed by atoms with Crippen LogP contribution in [0.5, 0.6) is 0 Å². The summed E-state index contributed by atoms with van der Waals surface area (Å²) in [7, 11) is 0. The number of aryl methyl sites for hydroxylation is 1. The normalized spacial score (nSPS) is 19.1. The van der Waals surface area contributed by atoms with Crippen molar-refractivity contribution in [2.45, 2.75) is 13.1 Å². The van der Waals surface area contributed by atoms with E-state index in [2.05, 4.69) is 10.7 Å². The van der Waals surface area contributed by atoms with Gasteiger partial charge in [0.15, 0.2) is 0 Å². The van der Waals surface area contributed by atoms with E-state index in [4.69, 9.17) is 0 Å². The number of nitrogens with one attached hydrogen (secondary N) is 2. The first-order chi connectivity index (χ1) is 10.1. The van der Waals surface area contributed by atoms with Crippen LogP contribution in [0.25, 0.3) is 0 Å². The van der Waals surface area contributed by atoms with Gasteiger partial charge in [-0.3, -0.25) is 15.0 Å². The number of nitrogens with zero attached hydrogens (tertiary/aromatic N) is 1. The van der Waals surface area contributed by atoms with Gasteiger partial charge in [0.1, 0.15) is 6.17 Å². The summed E-state index contributed by atoms with van der Waals surface area (Å²) < 4.78 is 0. The summed E-state index contributed by atoms with van der Waals surface area (Å²) in [6.45, 7) is 1.93. The number of hydrogen-bond donors (Lipinski definition) is 2. The van der Waals surface area contributed by atoms with Gasteiger partial charge in [-0.25, -0.2) is 5.01 Å². The van der Waals surface area contributed by atoms with E-state index in [1.807, 2.05) is 43.3 Å². The van der Waals surface area contributed by atoms with Crippen molar-refractivity contribution in [3.8, 4) is 0 Å². The summed E-state index contributed by atoms with van der Waals surface area (Å²) in [5.74, 6) is -0.451. The Morgan fingerprint density at radius 1 is 1.05 bits per heavy atom. The lowest BCUT2D eigenvalue weighted by molar-refractivity contribution is 0.0457. The van der Waals surface area contributed by atoms with Gasteiger partial charge in [0.2, 0.25) is 0 Å². The fourth-order valence-corrected chi connectivity index (χ4v) is 2.86. The number of anilines is 1. The first-order valence-electron chi connectivity index (χ1n) is 6.76. The van der Waals surface area contributed by atoms with Gasteiger partial charge in [-0.2, -0.15) is 0 Å². The monoisotopic (exact) mass is 279 g/mol. The molecule has 2 aliphatic rings. The largest absolute Gasteiger partial charge is 0.359 e. The zero-order valence-electron chi connectivity index (χ0n) is 11.4. The first-order valence-corrected chi connectivity index (χ1v) is 6.76. The van der Waals surface area contributed by atoms with E-state index in [1.54, 1.807) is 6.07 Å². The Morgan fingerprint density at radius 2 is 1.86 bits per heavy atom. The van der Waals surface area contributed by atoms with Crippen LogP contribution in [0.2, 0.25) is 0 Å². The van der Waals surface area contributed by atoms with Crippen molar-refractivity contribution in [2.75, 3.05) is 5.32 Å². The highest BCUT2D eigenvalue weighted by Gasteiger charge is 2.39. The third-order valence-corrected chi connectivity index (χ3v) is 3.90. The quantitative estimate of drug-likeness (QED) is 0.777. The Balaban J connectivity index is 1.88. The van der Waals surface area contributed by atoms with E-state index in [0.29, 0.717) is 11.1 Å². The third-order valence-electron chi connectivity index (χ3n) is 3.90. The topological polar surface area (TPSA) is 61.4 Å². The standard InChI is InChI=1S/C16H13N3O2/c1-9-6-7-13-12(8-9)16(21)19-14(17-13)10-4-2-3-5-11(10)15(20)18-19/h2-8,14,17H,1H3,(H,18,20). The average Bonchev–Trinajstić information content (AvgIpc) is 2.50. The number of carbonyl (C=O) groups is 2. The molecule has 104 valence electrons. The van der Waals surface area contributed by atoms with Crippen molar-refractivity contribution in [1.29, 1.82) is 0 Å². The molecule has 0 spiro atoms. The molecule has 0 aliphatic carbocycles. The van der Waals surface area contributed by atoms with E-state index >= 15 is 0 Å². The van der Waals surface area contributed by atoms with Crippen LogP contribution in [0.3, 0.4) is 0 Å². The second-order valence-corrected chi connectivity index (χ2v) is 5.30. The van der Waals surface area contributed by atoms with Crippen molar-refractivity contribution in [2.24, 2.45) is 0 Å². The Morgan fingerprint density at radius 3 is 2.71 bits per heavy atom. The molecule has 2 N–H and O–H groups in total. The number of hydrazine groups is 1. The molecule has 2 amide bonds. The fraction of sp³-hybridized carbons (Fsp3) is 0.125. The summed E-state index contributed by atoms with van der Waals surface area (Å²) in [6, 6.07) is 13.0. The molecule has 2 heterocycles. The summed E-state index contributed by atoms with van der Waals surface area (Å²) >= 11 is 0. The Labute approximate surface area is 121 Å². The lowest BCUT2D eigenvalue weighted by atomic mass is 9.97. The average molecular weight is 279 g/mol. The zero-order chi connectivity index (χ0) is 14.6. The molecule has 4 rings (SSSR count). The molecular formula is C16H13N3O2. The van der Waals surface area contributed by atoms with Gasteiger partial charge < -0.3 is 5.32 Å². The number of hydrogen-bond acceptors (Lipinski definition) is 3. The van der Waals surface area contributed by atoms with Gasteiger partial charge in [0.25, 0.3) is 11.8 Å². The van der Waals surface area contributed by atoms with Gasteiger partial charge in [0.05, 0.1) is 5.56 Å². The SMILES string of the molecule is Cc1ccc2c(c1)C(=O)N1NC(=O)c3ccccc3C1N2. The van der Waals surface area contributed by atoms with Gasteiger partial charge in [-0.05, 0) is 25.1 Å². The second kappa shape index (κ2) is 4.09. The van der Waals surface area contributed by atoms with Crippen LogP contribution in [-0.4, -0.2) is 16.8 Å². The van der Waals surface area contributed by atoms with E-state index in [9.17, 15) is 9.59 Å². The molecule has 5 heteroatoms. The first kappa shape index (κ1) is 12.0. The minimum absolute atomic E-state index is 0.194. The van der Waals surface area contributed by atoms with Crippen LogP contribution < -0.4 is 10.7 Å². The van der Waals surface area contributed by atoms with Crippen LogP contribution in [0.4, 0.5) is 5.69 Å². The minimum Gasteiger partial charge on any atom is -0.359 e. The third kappa shape index (κ3) is 1.64. The summed E-state index contributed by atoms with van der Waals surface area (Å²) in [5, 5.41) is 4.69. The van der Waals surface area contributed by atoms with E-state index in [1.165, 1.54) is 5.01 Å². The van der Waals surface area contributed by atoms with Crippen LogP contribution in [0, 0.1) is 6.92 Å². The van der Waals surface area contributed by atoms with Crippen molar-refractivity contribution in [3.63, 3.8) is 0 Å². The smallest absolute Gasteiger partial charge is 0.276 e. The minimum atomic E-state index is -0.374. The summed E-state index contributed by atoms with van der Waals surface area (Å²) in [4.78, 5) is 24.8. The molecule has 5 nitrogen and oxygen atoms in total. The Hall–Kier alpha value is -2.82. The van der Waals surface area contributed by atoms with E-state index < -0.39 is 0 Å². The van der Waals surface area contributed by atoms with Crippen LogP contribution in [0.15, 0.2) is 42.5 Å². The molecule has 2 aromatic rings. The lowest BCUT2D eigenvalue weighted by Crippen LogP contribution is -2.56. The van der Waals surface area contributed by atoms with Gasteiger partial charge in [-0.15, -0.1) is 0 Å².